The molecule has 0 aromatic heterocycles. The van der Waals surface area contributed by atoms with Gasteiger partial charge in [0.1, 0.15) is 11.5 Å². The fraction of sp³-hybridized carbons (Fsp3) is 0.100. The molecule has 192 valence electrons. The monoisotopic (exact) mass is 510 g/mol. The maximum absolute atomic E-state index is 12.5. The first kappa shape index (κ1) is 26.0. The normalized spacial score (nSPS) is 10.6. The van der Waals surface area contributed by atoms with Crippen molar-refractivity contribution >= 4 is 18.1 Å². The number of benzene rings is 4. The molecule has 8 heteroatoms. The van der Waals surface area contributed by atoms with Crippen molar-refractivity contribution in [3.8, 4) is 34.1 Å². The third-order valence-corrected chi connectivity index (χ3v) is 5.45. The Kier molecular flexibility index (Phi) is 8.70. The molecule has 0 saturated carbocycles. The molecule has 0 bridgehead atoms. The van der Waals surface area contributed by atoms with Gasteiger partial charge in [-0.05, 0) is 71.3 Å². The molecule has 0 aliphatic rings. The quantitative estimate of drug-likeness (QED) is 0.138. The molecule has 8 nitrogen and oxygen atoms in total. The number of methoxy groups -OCH3 is 2. The number of nitrogens with one attached hydrogen (secondary N) is 1. The smallest absolute Gasteiger partial charge is 0.343 e. The fourth-order valence-electron chi connectivity index (χ4n) is 3.47. The number of rotatable bonds is 10. The van der Waals surface area contributed by atoms with Crippen LogP contribution in [0.15, 0.2) is 102 Å². The number of carbonyl (C=O) groups excluding carboxylic acids is 2. The van der Waals surface area contributed by atoms with Gasteiger partial charge in [-0.25, -0.2) is 10.2 Å². The van der Waals surface area contributed by atoms with Crippen LogP contribution in [-0.2, 0) is 4.79 Å². The predicted octanol–water partition coefficient (Wildman–Crippen LogP) is 5.12. The lowest BCUT2D eigenvalue weighted by molar-refractivity contribution is -0.123. The number of amides is 1. The lowest BCUT2D eigenvalue weighted by Gasteiger charge is -2.10. The number of ether oxygens (including phenoxy) is 4. The number of esters is 1. The summed E-state index contributed by atoms with van der Waals surface area (Å²) >= 11 is 0. The lowest BCUT2D eigenvalue weighted by atomic mass is 10.1. The van der Waals surface area contributed by atoms with E-state index in [1.165, 1.54) is 13.3 Å². The summed E-state index contributed by atoms with van der Waals surface area (Å²) in [6, 6.07) is 29.0. The van der Waals surface area contributed by atoms with Crippen molar-refractivity contribution in [1.29, 1.82) is 0 Å². The summed E-state index contributed by atoms with van der Waals surface area (Å²) in [5.41, 5.74) is 5.58. The molecule has 0 spiro atoms. The molecule has 0 radical (unpaired) electrons. The molecule has 4 aromatic carbocycles. The number of carbonyl (C=O) groups is 2. The van der Waals surface area contributed by atoms with Crippen LogP contribution in [-0.4, -0.2) is 38.9 Å². The van der Waals surface area contributed by atoms with Crippen LogP contribution in [0.4, 0.5) is 0 Å². The van der Waals surface area contributed by atoms with Gasteiger partial charge >= 0.3 is 5.97 Å². The van der Waals surface area contributed by atoms with Crippen molar-refractivity contribution in [2.75, 3.05) is 20.8 Å². The van der Waals surface area contributed by atoms with Crippen LogP contribution in [0.2, 0.25) is 0 Å². The molecule has 0 saturated heterocycles. The largest absolute Gasteiger partial charge is 0.497 e. The van der Waals surface area contributed by atoms with Gasteiger partial charge in [-0.2, -0.15) is 5.10 Å². The Morgan fingerprint density at radius 2 is 1.45 bits per heavy atom. The maximum Gasteiger partial charge on any atom is 0.343 e. The highest BCUT2D eigenvalue weighted by molar-refractivity contribution is 5.92. The van der Waals surface area contributed by atoms with Crippen LogP contribution >= 0.6 is 0 Å². The van der Waals surface area contributed by atoms with Gasteiger partial charge in [0.05, 0.1) is 26.0 Å². The van der Waals surface area contributed by atoms with Crippen molar-refractivity contribution in [1.82, 2.24) is 5.43 Å². The van der Waals surface area contributed by atoms with Crippen LogP contribution in [0.1, 0.15) is 15.9 Å². The van der Waals surface area contributed by atoms with E-state index in [-0.39, 0.29) is 12.4 Å². The van der Waals surface area contributed by atoms with Gasteiger partial charge in [-0.15, -0.1) is 0 Å². The van der Waals surface area contributed by atoms with Crippen molar-refractivity contribution in [2.45, 2.75) is 0 Å². The topological polar surface area (TPSA) is 95.5 Å². The summed E-state index contributed by atoms with van der Waals surface area (Å²) in [6.45, 7) is -0.189. The molecule has 1 N–H and O–H groups in total. The SMILES string of the molecule is COc1ccc(C(=O)Oc2ccc(C=NNC(=O)COc3ccc(-c4ccccc4)cc3)cc2OC)cc1. The number of hydrogen-bond donors (Lipinski definition) is 1. The summed E-state index contributed by atoms with van der Waals surface area (Å²) in [4.78, 5) is 24.6. The van der Waals surface area contributed by atoms with E-state index in [0.29, 0.717) is 28.4 Å². The van der Waals surface area contributed by atoms with E-state index < -0.39 is 11.9 Å². The minimum Gasteiger partial charge on any atom is -0.497 e. The fourth-order valence-corrected chi connectivity index (χ4v) is 3.47. The standard InChI is InChI=1S/C30H26N2O6/c1-35-25-13-11-24(12-14-25)30(34)38-27-17-8-21(18-28(27)36-2)19-31-32-29(33)20-37-26-15-9-23(10-16-26)22-6-4-3-5-7-22/h3-19H,20H2,1-2H3,(H,32,33). The van der Waals surface area contributed by atoms with Gasteiger partial charge in [0.2, 0.25) is 0 Å². The zero-order valence-electron chi connectivity index (χ0n) is 20.9. The molecule has 4 rings (SSSR count). The van der Waals surface area contributed by atoms with Crippen molar-refractivity contribution in [2.24, 2.45) is 5.10 Å². The van der Waals surface area contributed by atoms with Crippen LogP contribution in [0.5, 0.6) is 23.0 Å². The first-order chi connectivity index (χ1) is 18.6. The summed E-state index contributed by atoms with van der Waals surface area (Å²) in [5, 5.41) is 3.96. The minimum atomic E-state index is -0.533. The molecule has 0 atom stereocenters. The van der Waals surface area contributed by atoms with E-state index in [1.807, 2.05) is 54.6 Å². The molecule has 0 unspecified atom stereocenters. The summed E-state index contributed by atoms with van der Waals surface area (Å²) < 4.78 is 21.4. The second-order valence-corrected chi connectivity index (χ2v) is 8.00. The minimum absolute atomic E-state index is 0.189. The molecule has 1 amide bonds. The summed E-state index contributed by atoms with van der Waals surface area (Å²) in [6.07, 6.45) is 1.45. The van der Waals surface area contributed by atoms with Gasteiger partial charge in [0.25, 0.3) is 5.91 Å². The van der Waals surface area contributed by atoms with E-state index in [4.69, 9.17) is 18.9 Å². The Labute approximate surface area is 220 Å². The van der Waals surface area contributed by atoms with E-state index in [1.54, 1.807) is 49.6 Å². The number of hydrazone groups is 1. The molecule has 0 heterocycles. The highest BCUT2D eigenvalue weighted by atomic mass is 16.6. The second-order valence-electron chi connectivity index (χ2n) is 8.00. The molecule has 0 aliphatic heterocycles. The predicted molar refractivity (Wildman–Crippen MR) is 144 cm³/mol. The molecule has 0 fully saturated rings. The lowest BCUT2D eigenvalue weighted by Crippen LogP contribution is -2.24. The van der Waals surface area contributed by atoms with Gasteiger partial charge in [-0.1, -0.05) is 42.5 Å². The van der Waals surface area contributed by atoms with Crippen LogP contribution < -0.4 is 24.4 Å². The highest BCUT2D eigenvalue weighted by Gasteiger charge is 2.13. The van der Waals surface area contributed by atoms with Crippen LogP contribution in [0, 0.1) is 0 Å². The Bertz CT molecular complexity index is 1400. The molecule has 4 aromatic rings. The Morgan fingerprint density at radius 1 is 0.763 bits per heavy atom. The van der Waals surface area contributed by atoms with E-state index in [2.05, 4.69) is 10.5 Å². The first-order valence-corrected chi connectivity index (χ1v) is 11.7. The zero-order valence-corrected chi connectivity index (χ0v) is 20.9. The van der Waals surface area contributed by atoms with Crippen molar-refractivity contribution in [3.05, 3.63) is 108 Å². The average Bonchev–Trinajstić information content (AvgIpc) is 2.97. The van der Waals surface area contributed by atoms with Crippen LogP contribution in [0.25, 0.3) is 11.1 Å². The van der Waals surface area contributed by atoms with Crippen molar-refractivity contribution in [3.63, 3.8) is 0 Å². The Hall–Kier alpha value is -5.11. The maximum atomic E-state index is 12.5. The van der Waals surface area contributed by atoms with Crippen molar-refractivity contribution < 1.29 is 28.5 Å². The van der Waals surface area contributed by atoms with Crippen LogP contribution in [0.3, 0.4) is 0 Å². The zero-order chi connectivity index (χ0) is 26.7. The van der Waals surface area contributed by atoms with Gasteiger partial charge in [-0.3, -0.25) is 4.79 Å². The molecule has 38 heavy (non-hydrogen) atoms. The van der Waals surface area contributed by atoms with Gasteiger partial charge in [0, 0.05) is 0 Å². The van der Waals surface area contributed by atoms with Gasteiger partial charge in [0.15, 0.2) is 18.1 Å². The average molecular weight is 511 g/mol. The summed E-state index contributed by atoms with van der Waals surface area (Å²) in [7, 11) is 3.01. The summed E-state index contributed by atoms with van der Waals surface area (Å²) in [5.74, 6) is 0.859. The Morgan fingerprint density at radius 3 is 2.13 bits per heavy atom. The van der Waals surface area contributed by atoms with E-state index >= 15 is 0 Å². The highest BCUT2D eigenvalue weighted by Crippen LogP contribution is 2.28. The third-order valence-electron chi connectivity index (χ3n) is 5.45. The first-order valence-electron chi connectivity index (χ1n) is 11.7. The van der Waals surface area contributed by atoms with Gasteiger partial charge < -0.3 is 18.9 Å². The molecular weight excluding hydrogens is 484 g/mol. The third kappa shape index (κ3) is 6.98. The molecule has 0 aliphatic carbocycles. The second kappa shape index (κ2) is 12.7. The Balaban J connectivity index is 1.28. The molecular formula is C30H26N2O6. The van der Waals surface area contributed by atoms with E-state index in [0.717, 1.165) is 11.1 Å². The number of nitrogens with zero attached hydrogens (tertiary/aromatic N) is 1. The van der Waals surface area contributed by atoms with E-state index in [9.17, 15) is 9.59 Å². The number of hydrogen-bond acceptors (Lipinski definition) is 7.